The Morgan fingerprint density at radius 3 is 2.50 bits per heavy atom. The molecule has 92 valence electrons. The molecular formula is C16H18N2. The van der Waals surface area contributed by atoms with E-state index in [2.05, 4.69) is 42.9 Å². The van der Waals surface area contributed by atoms with Gasteiger partial charge in [0.25, 0.3) is 0 Å². The van der Waals surface area contributed by atoms with Gasteiger partial charge in [-0.15, -0.1) is 0 Å². The Morgan fingerprint density at radius 1 is 1.06 bits per heavy atom. The molecule has 2 nitrogen and oxygen atoms in total. The second-order valence-corrected chi connectivity index (χ2v) is 5.10. The van der Waals surface area contributed by atoms with Gasteiger partial charge in [0.15, 0.2) is 0 Å². The van der Waals surface area contributed by atoms with Crippen LogP contribution in [0.25, 0.3) is 11.4 Å². The van der Waals surface area contributed by atoms with E-state index in [1.807, 2.05) is 18.5 Å². The highest BCUT2D eigenvalue weighted by Crippen LogP contribution is 2.50. The first-order valence-corrected chi connectivity index (χ1v) is 6.66. The van der Waals surface area contributed by atoms with Gasteiger partial charge in [-0.25, -0.2) is 0 Å². The molecule has 0 N–H and O–H groups in total. The Morgan fingerprint density at radius 2 is 1.78 bits per heavy atom. The summed E-state index contributed by atoms with van der Waals surface area (Å²) >= 11 is 0. The topological polar surface area (TPSA) is 25.8 Å². The Bertz CT molecular complexity index is 598. The Hall–Kier alpha value is -1.70. The van der Waals surface area contributed by atoms with E-state index in [1.54, 1.807) is 0 Å². The zero-order valence-electron chi connectivity index (χ0n) is 11.2. The predicted molar refractivity (Wildman–Crippen MR) is 73.6 cm³/mol. The molecule has 0 radical (unpaired) electrons. The van der Waals surface area contributed by atoms with E-state index in [0.717, 1.165) is 24.2 Å². The smallest absolute Gasteiger partial charge is 0.0930 e. The van der Waals surface area contributed by atoms with E-state index >= 15 is 0 Å². The summed E-state index contributed by atoms with van der Waals surface area (Å²) in [6.45, 7) is 6.63. The monoisotopic (exact) mass is 238 g/mol. The van der Waals surface area contributed by atoms with Gasteiger partial charge in [-0.1, -0.05) is 26.0 Å². The van der Waals surface area contributed by atoms with Gasteiger partial charge in [-0.3, -0.25) is 9.97 Å². The minimum Gasteiger partial charge on any atom is -0.254 e. The molecule has 0 unspecified atom stereocenters. The van der Waals surface area contributed by atoms with Crippen LogP contribution in [0.4, 0.5) is 0 Å². The second kappa shape index (κ2) is 3.91. The van der Waals surface area contributed by atoms with Crippen LogP contribution < -0.4 is 0 Å². The quantitative estimate of drug-likeness (QED) is 0.793. The van der Waals surface area contributed by atoms with E-state index in [4.69, 9.17) is 0 Å². The lowest BCUT2D eigenvalue weighted by Crippen LogP contribution is -2.23. The molecule has 0 saturated carbocycles. The number of aryl methyl sites for hydroxylation is 1. The third-order valence-corrected chi connectivity index (χ3v) is 4.29. The summed E-state index contributed by atoms with van der Waals surface area (Å²) in [5, 5.41) is 0. The van der Waals surface area contributed by atoms with Crippen molar-refractivity contribution in [3.8, 4) is 11.4 Å². The molecule has 0 fully saturated rings. The van der Waals surface area contributed by atoms with Crippen LogP contribution in [0.2, 0.25) is 0 Å². The predicted octanol–water partition coefficient (Wildman–Crippen LogP) is 3.87. The van der Waals surface area contributed by atoms with Crippen molar-refractivity contribution in [3.05, 3.63) is 47.3 Å². The minimum atomic E-state index is 0.109. The molecule has 0 aromatic carbocycles. The maximum Gasteiger partial charge on any atom is 0.0930 e. The summed E-state index contributed by atoms with van der Waals surface area (Å²) in [7, 11) is 0. The number of hydrogen-bond acceptors (Lipinski definition) is 2. The maximum absolute atomic E-state index is 4.63. The van der Waals surface area contributed by atoms with Crippen LogP contribution in [0.5, 0.6) is 0 Å². The molecule has 2 heterocycles. The average Bonchev–Trinajstić information content (AvgIpc) is 2.68. The summed E-state index contributed by atoms with van der Waals surface area (Å²) in [4.78, 5) is 9.19. The van der Waals surface area contributed by atoms with Crippen molar-refractivity contribution in [2.45, 2.75) is 39.0 Å². The van der Waals surface area contributed by atoms with Crippen LogP contribution in [0.15, 0.2) is 30.6 Å². The summed E-state index contributed by atoms with van der Waals surface area (Å²) in [6.07, 6.45) is 6.00. The lowest BCUT2D eigenvalue weighted by atomic mass is 9.74. The highest BCUT2D eigenvalue weighted by atomic mass is 14.8. The van der Waals surface area contributed by atoms with Crippen LogP contribution in [0, 0.1) is 6.92 Å². The summed E-state index contributed by atoms with van der Waals surface area (Å²) < 4.78 is 0. The highest BCUT2D eigenvalue weighted by molar-refractivity contribution is 5.75. The number of fused-ring (bicyclic) bond motifs is 3. The Labute approximate surface area is 108 Å². The van der Waals surface area contributed by atoms with Gasteiger partial charge >= 0.3 is 0 Å². The van der Waals surface area contributed by atoms with Gasteiger partial charge in [0.1, 0.15) is 0 Å². The molecule has 3 rings (SSSR count). The standard InChI is InChI=1S/C16H18N2/c1-4-16(5-2)12-7-6-8-17-14(12)15-13(16)9-11(3)10-18-15/h6-10H,4-5H2,1-3H3. The fourth-order valence-corrected chi connectivity index (χ4v) is 3.26. The average molecular weight is 238 g/mol. The van der Waals surface area contributed by atoms with Crippen molar-refractivity contribution in [3.63, 3.8) is 0 Å². The first-order valence-electron chi connectivity index (χ1n) is 6.66. The molecule has 0 atom stereocenters. The fourth-order valence-electron chi connectivity index (χ4n) is 3.26. The first-order chi connectivity index (χ1) is 8.73. The minimum absolute atomic E-state index is 0.109. The van der Waals surface area contributed by atoms with Crippen molar-refractivity contribution >= 4 is 0 Å². The van der Waals surface area contributed by atoms with Gasteiger partial charge in [0, 0.05) is 17.8 Å². The van der Waals surface area contributed by atoms with Gasteiger partial charge in [0.05, 0.1) is 11.4 Å². The van der Waals surface area contributed by atoms with E-state index < -0.39 is 0 Å². The lowest BCUT2D eigenvalue weighted by Gasteiger charge is -2.28. The molecule has 0 saturated heterocycles. The molecule has 0 spiro atoms. The van der Waals surface area contributed by atoms with E-state index in [9.17, 15) is 0 Å². The molecule has 0 aliphatic heterocycles. The molecule has 1 aliphatic rings. The largest absolute Gasteiger partial charge is 0.254 e. The molecule has 1 aliphatic carbocycles. The van der Waals surface area contributed by atoms with E-state index in [-0.39, 0.29) is 5.41 Å². The molecule has 2 aromatic heterocycles. The summed E-state index contributed by atoms with van der Waals surface area (Å²) in [5.74, 6) is 0. The normalized spacial score (nSPS) is 15.3. The van der Waals surface area contributed by atoms with Crippen LogP contribution >= 0.6 is 0 Å². The van der Waals surface area contributed by atoms with Crippen molar-refractivity contribution in [1.82, 2.24) is 9.97 Å². The van der Waals surface area contributed by atoms with Gasteiger partial charge in [-0.05, 0) is 42.5 Å². The molecule has 2 aromatic rings. The van der Waals surface area contributed by atoms with Gasteiger partial charge in [-0.2, -0.15) is 0 Å². The Balaban J connectivity index is 2.38. The third kappa shape index (κ3) is 1.29. The number of aromatic nitrogens is 2. The zero-order chi connectivity index (χ0) is 12.8. The maximum atomic E-state index is 4.63. The molecule has 2 heteroatoms. The van der Waals surface area contributed by atoms with Crippen molar-refractivity contribution in [2.24, 2.45) is 0 Å². The van der Waals surface area contributed by atoms with Crippen LogP contribution in [-0.4, -0.2) is 9.97 Å². The number of rotatable bonds is 2. The highest BCUT2D eigenvalue weighted by Gasteiger charge is 2.41. The molecule has 0 amide bonds. The number of pyridine rings is 2. The first kappa shape index (κ1) is 11.4. The van der Waals surface area contributed by atoms with Crippen LogP contribution in [0.3, 0.4) is 0 Å². The fraction of sp³-hybridized carbons (Fsp3) is 0.375. The van der Waals surface area contributed by atoms with Gasteiger partial charge < -0.3 is 0 Å². The third-order valence-electron chi connectivity index (χ3n) is 4.29. The van der Waals surface area contributed by atoms with Crippen LogP contribution in [-0.2, 0) is 5.41 Å². The van der Waals surface area contributed by atoms with E-state index in [1.165, 1.54) is 16.7 Å². The molecular weight excluding hydrogens is 220 g/mol. The number of nitrogens with zero attached hydrogens (tertiary/aromatic N) is 2. The van der Waals surface area contributed by atoms with Crippen molar-refractivity contribution in [2.75, 3.05) is 0 Å². The van der Waals surface area contributed by atoms with E-state index in [0.29, 0.717) is 0 Å². The Kier molecular flexibility index (Phi) is 2.47. The SMILES string of the molecule is CCC1(CC)c2cccnc2-c2ncc(C)cc21. The summed E-state index contributed by atoms with van der Waals surface area (Å²) in [5.41, 5.74) is 6.21. The van der Waals surface area contributed by atoms with Crippen LogP contribution in [0.1, 0.15) is 43.4 Å². The second-order valence-electron chi connectivity index (χ2n) is 5.10. The van der Waals surface area contributed by atoms with Gasteiger partial charge in [0.2, 0.25) is 0 Å². The molecule has 0 bridgehead atoms. The van der Waals surface area contributed by atoms with Crippen molar-refractivity contribution in [1.29, 1.82) is 0 Å². The number of hydrogen-bond donors (Lipinski definition) is 0. The zero-order valence-corrected chi connectivity index (χ0v) is 11.2. The molecule has 18 heavy (non-hydrogen) atoms. The van der Waals surface area contributed by atoms with Crippen molar-refractivity contribution < 1.29 is 0 Å². The lowest BCUT2D eigenvalue weighted by molar-refractivity contribution is 0.489. The summed E-state index contributed by atoms with van der Waals surface area (Å²) in [6, 6.07) is 6.54.